The highest BCUT2D eigenvalue weighted by atomic mass is 16.2. The second-order valence-electron chi connectivity index (χ2n) is 9.26. The molecular formula is C27H28N4O. The van der Waals surface area contributed by atoms with Crippen LogP contribution in [0.2, 0.25) is 0 Å². The first-order valence-corrected chi connectivity index (χ1v) is 11.4. The van der Waals surface area contributed by atoms with Crippen molar-refractivity contribution in [2.45, 2.75) is 64.1 Å². The Morgan fingerprint density at radius 2 is 1.88 bits per heavy atom. The molecule has 3 aromatic rings. The maximum absolute atomic E-state index is 13.4. The predicted octanol–water partition coefficient (Wildman–Crippen LogP) is 5.02. The first-order valence-electron chi connectivity index (χ1n) is 11.4. The molecule has 3 unspecified atom stereocenters. The van der Waals surface area contributed by atoms with Crippen LogP contribution >= 0.6 is 0 Å². The molecule has 32 heavy (non-hydrogen) atoms. The van der Waals surface area contributed by atoms with Crippen LogP contribution in [-0.4, -0.2) is 32.4 Å². The van der Waals surface area contributed by atoms with E-state index in [1.807, 2.05) is 30.6 Å². The van der Waals surface area contributed by atoms with Crippen molar-refractivity contribution in [3.05, 3.63) is 77.1 Å². The molecule has 1 fully saturated rings. The van der Waals surface area contributed by atoms with Gasteiger partial charge in [0.25, 0.3) is 0 Å². The number of carbonyl (C=O) groups excluding carboxylic acids is 1. The van der Waals surface area contributed by atoms with Gasteiger partial charge in [0.2, 0.25) is 5.91 Å². The van der Waals surface area contributed by atoms with Crippen molar-refractivity contribution in [2.24, 2.45) is 0 Å². The molecule has 0 radical (unpaired) electrons. The normalized spacial score (nSPS) is 23.6. The number of amides is 1. The number of fused-ring (bicyclic) bond motifs is 3. The molecule has 5 nitrogen and oxygen atoms in total. The van der Waals surface area contributed by atoms with Gasteiger partial charge < -0.3 is 9.47 Å². The van der Waals surface area contributed by atoms with Crippen LogP contribution in [-0.2, 0) is 10.3 Å². The zero-order chi connectivity index (χ0) is 22.5. The summed E-state index contributed by atoms with van der Waals surface area (Å²) in [6.07, 6.45) is 6.92. The Kier molecular flexibility index (Phi) is 4.89. The standard InChI is InChI=1S/C27H28N4O/c1-18-7-11-22(12-8-18)27(14-13-24(32)31-19(2)9-10-20(31)3)25-21(17-28)5-4-6-23(25)26-29-15-16-30(26)27/h4-8,11-12,15-16,19-20H,9-10,13-14H2,1-3H3. The van der Waals surface area contributed by atoms with Crippen LogP contribution in [0.3, 0.4) is 0 Å². The van der Waals surface area contributed by atoms with E-state index >= 15 is 0 Å². The van der Waals surface area contributed by atoms with Gasteiger partial charge >= 0.3 is 0 Å². The summed E-state index contributed by atoms with van der Waals surface area (Å²) in [6, 6.07) is 17.3. The van der Waals surface area contributed by atoms with E-state index in [0.29, 0.717) is 18.4 Å². The van der Waals surface area contributed by atoms with Gasteiger partial charge in [-0.15, -0.1) is 0 Å². The van der Waals surface area contributed by atoms with Crippen LogP contribution in [0.5, 0.6) is 0 Å². The molecule has 1 amide bonds. The Morgan fingerprint density at radius 3 is 2.56 bits per heavy atom. The first kappa shape index (κ1) is 20.5. The molecule has 0 spiro atoms. The van der Waals surface area contributed by atoms with E-state index in [4.69, 9.17) is 0 Å². The molecule has 5 heteroatoms. The molecular weight excluding hydrogens is 396 g/mol. The van der Waals surface area contributed by atoms with Crippen molar-refractivity contribution < 1.29 is 4.79 Å². The number of rotatable bonds is 4. The third-order valence-electron chi connectivity index (χ3n) is 7.36. The van der Waals surface area contributed by atoms with E-state index in [-0.39, 0.29) is 18.0 Å². The lowest BCUT2D eigenvalue weighted by molar-refractivity contribution is -0.133. The van der Waals surface area contributed by atoms with Gasteiger partial charge in [-0.1, -0.05) is 42.0 Å². The molecule has 0 N–H and O–H groups in total. The van der Waals surface area contributed by atoms with Crippen LogP contribution in [0.15, 0.2) is 54.9 Å². The number of hydrogen-bond donors (Lipinski definition) is 0. The summed E-state index contributed by atoms with van der Waals surface area (Å²) in [7, 11) is 0. The minimum atomic E-state index is -0.636. The average Bonchev–Trinajstić information content (AvgIpc) is 3.47. The number of likely N-dealkylation sites (tertiary alicyclic amines) is 1. The summed E-state index contributed by atoms with van der Waals surface area (Å²) in [5.74, 6) is 1.05. The highest BCUT2D eigenvalue weighted by molar-refractivity contribution is 5.79. The third-order valence-corrected chi connectivity index (χ3v) is 7.36. The Labute approximate surface area is 189 Å². The number of benzene rings is 2. The van der Waals surface area contributed by atoms with Crippen LogP contribution in [0, 0.1) is 18.3 Å². The maximum Gasteiger partial charge on any atom is 0.223 e. The summed E-state index contributed by atoms with van der Waals surface area (Å²) in [5, 5.41) is 10.0. The van der Waals surface area contributed by atoms with Gasteiger partial charge in [-0.25, -0.2) is 4.98 Å². The monoisotopic (exact) mass is 424 g/mol. The van der Waals surface area contributed by atoms with Crippen molar-refractivity contribution in [2.75, 3.05) is 0 Å². The number of carbonyl (C=O) groups is 1. The molecule has 162 valence electrons. The van der Waals surface area contributed by atoms with Crippen molar-refractivity contribution >= 4 is 5.91 Å². The van der Waals surface area contributed by atoms with Crippen LogP contribution in [0.1, 0.15) is 61.8 Å². The Hall–Kier alpha value is -3.39. The third kappa shape index (κ3) is 2.90. The molecule has 2 aliphatic rings. The van der Waals surface area contributed by atoms with Gasteiger partial charge in [-0.05, 0) is 51.7 Å². The molecule has 1 saturated heterocycles. The van der Waals surface area contributed by atoms with E-state index in [0.717, 1.165) is 35.4 Å². The van der Waals surface area contributed by atoms with Crippen molar-refractivity contribution in [1.82, 2.24) is 14.5 Å². The number of hydrogen-bond acceptors (Lipinski definition) is 3. The maximum atomic E-state index is 13.4. The number of aryl methyl sites for hydroxylation is 1. The van der Waals surface area contributed by atoms with E-state index in [1.165, 1.54) is 5.56 Å². The fraction of sp³-hybridized carbons (Fsp3) is 0.370. The average molecular weight is 425 g/mol. The second kappa shape index (κ2) is 7.63. The van der Waals surface area contributed by atoms with E-state index in [1.54, 1.807) is 0 Å². The van der Waals surface area contributed by atoms with Crippen LogP contribution in [0.25, 0.3) is 11.4 Å². The second-order valence-corrected chi connectivity index (χ2v) is 9.26. The fourth-order valence-corrected chi connectivity index (χ4v) is 5.81. The molecule has 0 bridgehead atoms. The van der Waals surface area contributed by atoms with Gasteiger partial charge in [-0.2, -0.15) is 5.26 Å². The zero-order valence-electron chi connectivity index (χ0n) is 18.9. The highest BCUT2D eigenvalue weighted by Crippen LogP contribution is 2.51. The topological polar surface area (TPSA) is 61.9 Å². The summed E-state index contributed by atoms with van der Waals surface area (Å²) >= 11 is 0. The first-order chi connectivity index (χ1) is 15.5. The molecule has 3 atom stereocenters. The van der Waals surface area contributed by atoms with Gasteiger partial charge in [0.15, 0.2) is 0 Å². The zero-order valence-corrected chi connectivity index (χ0v) is 18.9. The molecule has 3 heterocycles. The number of nitriles is 1. The Balaban J connectivity index is 1.66. The number of imidazole rings is 1. The fourth-order valence-electron chi connectivity index (χ4n) is 5.81. The largest absolute Gasteiger partial charge is 0.337 e. The van der Waals surface area contributed by atoms with Gasteiger partial charge in [0.1, 0.15) is 5.82 Å². The Morgan fingerprint density at radius 1 is 1.16 bits per heavy atom. The summed E-state index contributed by atoms with van der Waals surface area (Å²) in [4.78, 5) is 20.1. The summed E-state index contributed by atoms with van der Waals surface area (Å²) in [6.45, 7) is 6.36. The molecule has 0 aliphatic carbocycles. The van der Waals surface area contributed by atoms with E-state index < -0.39 is 5.54 Å². The van der Waals surface area contributed by atoms with Crippen LogP contribution < -0.4 is 0 Å². The van der Waals surface area contributed by atoms with Gasteiger partial charge in [0, 0.05) is 42.0 Å². The predicted molar refractivity (Wildman–Crippen MR) is 124 cm³/mol. The smallest absolute Gasteiger partial charge is 0.223 e. The molecule has 0 saturated carbocycles. The van der Waals surface area contributed by atoms with E-state index in [2.05, 4.69) is 65.6 Å². The lowest BCUT2D eigenvalue weighted by Gasteiger charge is -2.35. The van der Waals surface area contributed by atoms with Crippen LogP contribution in [0.4, 0.5) is 0 Å². The molecule has 2 aliphatic heterocycles. The van der Waals surface area contributed by atoms with Crippen molar-refractivity contribution in [3.8, 4) is 17.5 Å². The lowest BCUT2D eigenvalue weighted by atomic mass is 9.77. The SMILES string of the molecule is Cc1ccc(C2(CCC(=O)N3C(C)CCC3C)c3c(C#N)cccc3-c3nccn32)cc1. The molecule has 1 aromatic heterocycles. The number of nitrogens with zero attached hydrogens (tertiary/aromatic N) is 4. The van der Waals surface area contributed by atoms with Gasteiger partial charge in [-0.3, -0.25) is 4.79 Å². The molecule has 5 rings (SSSR count). The minimum absolute atomic E-state index is 0.193. The summed E-state index contributed by atoms with van der Waals surface area (Å²) < 4.78 is 2.17. The van der Waals surface area contributed by atoms with E-state index in [9.17, 15) is 10.1 Å². The van der Waals surface area contributed by atoms with Crippen molar-refractivity contribution in [1.29, 1.82) is 5.26 Å². The van der Waals surface area contributed by atoms with Gasteiger partial charge in [0.05, 0.1) is 17.2 Å². The quantitative estimate of drug-likeness (QED) is 0.591. The number of aromatic nitrogens is 2. The Bertz CT molecular complexity index is 1210. The highest BCUT2D eigenvalue weighted by Gasteiger charge is 2.47. The minimum Gasteiger partial charge on any atom is -0.337 e. The lowest BCUT2D eigenvalue weighted by Crippen LogP contribution is -2.41. The summed E-state index contributed by atoms with van der Waals surface area (Å²) in [5.41, 5.74) is 4.21. The van der Waals surface area contributed by atoms with Crippen molar-refractivity contribution in [3.63, 3.8) is 0 Å². The molecule has 2 aromatic carbocycles.